The second-order valence-corrected chi connectivity index (χ2v) is 5.75. The van der Waals surface area contributed by atoms with Crippen molar-refractivity contribution in [2.75, 3.05) is 13.1 Å². The molecular weight excluding hydrogens is 294 g/mol. The molecule has 3 heteroatoms. The van der Waals surface area contributed by atoms with Crippen LogP contribution in [0.2, 0.25) is 0 Å². The lowest BCUT2D eigenvalue weighted by molar-refractivity contribution is -0.120. The van der Waals surface area contributed by atoms with Crippen LogP contribution < -0.4 is 0 Å². The van der Waals surface area contributed by atoms with E-state index in [0.717, 1.165) is 31.6 Å². The van der Waals surface area contributed by atoms with Crippen molar-refractivity contribution in [3.8, 4) is 0 Å². The first-order chi connectivity index (χ1) is 10.3. The van der Waals surface area contributed by atoms with Crippen LogP contribution >= 0.6 is 12.4 Å². The zero-order valence-corrected chi connectivity index (χ0v) is 13.5. The van der Waals surface area contributed by atoms with Gasteiger partial charge in [-0.1, -0.05) is 60.7 Å². The number of hydrogen-bond acceptors (Lipinski definition) is 2. The number of ketones is 1. The average molecular weight is 316 g/mol. The molecular formula is C19H22ClNO. The Morgan fingerprint density at radius 1 is 0.955 bits per heavy atom. The van der Waals surface area contributed by atoms with Gasteiger partial charge in [0.15, 0.2) is 0 Å². The highest BCUT2D eigenvalue weighted by atomic mass is 35.5. The molecule has 0 aromatic heterocycles. The van der Waals surface area contributed by atoms with Crippen molar-refractivity contribution in [3.63, 3.8) is 0 Å². The summed E-state index contributed by atoms with van der Waals surface area (Å²) in [5.41, 5.74) is 2.47. The summed E-state index contributed by atoms with van der Waals surface area (Å²) in [7, 11) is 0. The lowest BCUT2D eigenvalue weighted by Gasteiger charge is -2.24. The second-order valence-electron chi connectivity index (χ2n) is 5.75. The van der Waals surface area contributed by atoms with Gasteiger partial charge in [-0.15, -0.1) is 12.4 Å². The Morgan fingerprint density at radius 3 is 2.27 bits per heavy atom. The van der Waals surface area contributed by atoms with Crippen LogP contribution in [0.5, 0.6) is 0 Å². The van der Waals surface area contributed by atoms with E-state index in [2.05, 4.69) is 41.3 Å². The highest BCUT2D eigenvalue weighted by molar-refractivity contribution is 5.86. The van der Waals surface area contributed by atoms with E-state index >= 15 is 0 Å². The molecule has 0 N–H and O–H groups in total. The Balaban J connectivity index is 0.00000176. The summed E-state index contributed by atoms with van der Waals surface area (Å²) in [4.78, 5) is 14.8. The summed E-state index contributed by atoms with van der Waals surface area (Å²) in [5, 5.41) is 0. The summed E-state index contributed by atoms with van der Waals surface area (Å²) >= 11 is 0. The van der Waals surface area contributed by atoms with E-state index in [-0.39, 0.29) is 18.3 Å². The molecule has 0 radical (unpaired) electrons. The number of carbonyl (C=O) groups is 1. The third-order valence-corrected chi connectivity index (χ3v) is 4.18. The van der Waals surface area contributed by atoms with E-state index in [4.69, 9.17) is 0 Å². The standard InChI is InChI=1S/C19H21NO.ClH/c21-19-12-7-13-20(14-16-8-3-1-4-9-16)15-18(19)17-10-5-2-6-11-17;/h1-6,8-11,18H,7,12-15H2;1H. The molecule has 0 amide bonds. The first-order valence-corrected chi connectivity index (χ1v) is 7.67. The monoisotopic (exact) mass is 315 g/mol. The van der Waals surface area contributed by atoms with Gasteiger partial charge >= 0.3 is 0 Å². The Labute approximate surface area is 138 Å². The van der Waals surface area contributed by atoms with Crippen molar-refractivity contribution in [3.05, 3.63) is 71.8 Å². The number of likely N-dealkylation sites (tertiary alicyclic amines) is 1. The molecule has 1 heterocycles. The highest BCUT2D eigenvalue weighted by Gasteiger charge is 2.26. The van der Waals surface area contributed by atoms with E-state index in [9.17, 15) is 4.79 Å². The molecule has 1 atom stereocenters. The Morgan fingerprint density at radius 2 is 1.59 bits per heavy atom. The summed E-state index contributed by atoms with van der Waals surface area (Å²) in [6, 6.07) is 20.7. The maximum absolute atomic E-state index is 12.4. The minimum absolute atomic E-state index is 0. The van der Waals surface area contributed by atoms with Gasteiger partial charge in [-0.3, -0.25) is 9.69 Å². The normalized spacial score (nSPS) is 19.3. The second kappa shape index (κ2) is 8.11. The topological polar surface area (TPSA) is 20.3 Å². The zero-order chi connectivity index (χ0) is 14.5. The van der Waals surface area contributed by atoms with Gasteiger partial charge in [0, 0.05) is 19.5 Å². The summed E-state index contributed by atoms with van der Waals surface area (Å²) < 4.78 is 0. The van der Waals surface area contributed by atoms with Gasteiger partial charge in [0.2, 0.25) is 0 Å². The van der Waals surface area contributed by atoms with Crippen LogP contribution in [-0.4, -0.2) is 23.8 Å². The number of hydrogen-bond donors (Lipinski definition) is 0. The largest absolute Gasteiger partial charge is 0.299 e. The van der Waals surface area contributed by atoms with Crippen LogP contribution in [0, 0.1) is 0 Å². The van der Waals surface area contributed by atoms with Crippen molar-refractivity contribution < 1.29 is 4.79 Å². The predicted molar refractivity (Wildman–Crippen MR) is 92.4 cm³/mol. The van der Waals surface area contributed by atoms with Gasteiger partial charge in [0.05, 0.1) is 5.92 Å². The summed E-state index contributed by atoms with van der Waals surface area (Å²) in [6.45, 7) is 2.76. The Hall–Kier alpha value is -1.64. The van der Waals surface area contributed by atoms with E-state index in [0.29, 0.717) is 12.2 Å². The predicted octanol–water partition coefficient (Wildman–Crippen LogP) is 4.06. The quantitative estimate of drug-likeness (QED) is 0.851. The lowest BCUT2D eigenvalue weighted by Crippen LogP contribution is -2.29. The molecule has 0 bridgehead atoms. The van der Waals surface area contributed by atoms with Crippen LogP contribution in [-0.2, 0) is 11.3 Å². The molecule has 2 nitrogen and oxygen atoms in total. The molecule has 116 valence electrons. The number of rotatable bonds is 3. The first kappa shape index (κ1) is 16.7. The van der Waals surface area contributed by atoms with Gasteiger partial charge in [-0.25, -0.2) is 0 Å². The van der Waals surface area contributed by atoms with Gasteiger partial charge in [-0.2, -0.15) is 0 Å². The first-order valence-electron chi connectivity index (χ1n) is 7.67. The van der Waals surface area contributed by atoms with Gasteiger partial charge < -0.3 is 0 Å². The average Bonchev–Trinajstić information content (AvgIpc) is 2.71. The molecule has 2 aromatic rings. The molecule has 0 spiro atoms. The number of benzene rings is 2. The number of halogens is 1. The minimum Gasteiger partial charge on any atom is -0.299 e. The van der Waals surface area contributed by atoms with Crippen molar-refractivity contribution in [1.29, 1.82) is 0 Å². The maximum atomic E-state index is 12.4. The van der Waals surface area contributed by atoms with Crippen molar-refractivity contribution in [2.45, 2.75) is 25.3 Å². The molecule has 0 saturated carbocycles. The van der Waals surface area contributed by atoms with E-state index in [1.807, 2.05) is 24.3 Å². The molecule has 1 aliphatic rings. The van der Waals surface area contributed by atoms with Crippen LogP contribution in [0.1, 0.15) is 29.9 Å². The Kier molecular flexibility index (Phi) is 6.17. The third-order valence-electron chi connectivity index (χ3n) is 4.18. The SMILES string of the molecule is Cl.O=C1CCCN(Cc2ccccc2)CC1c1ccccc1. The van der Waals surface area contributed by atoms with E-state index in [1.165, 1.54) is 5.56 Å². The van der Waals surface area contributed by atoms with Crippen LogP contribution in [0.15, 0.2) is 60.7 Å². The molecule has 0 aliphatic carbocycles. The van der Waals surface area contributed by atoms with Crippen LogP contribution in [0.3, 0.4) is 0 Å². The van der Waals surface area contributed by atoms with Gasteiger partial charge in [-0.05, 0) is 24.1 Å². The van der Waals surface area contributed by atoms with E-state index < -0.39 is 0 Å². The fourth-order valence-electron chi connectivity index (χ4n) is 3.06. The molecule has 1 fully saturated rings. The third kappa shape index (κ3) is 4.19. The zero-order valence-electron chi connectivity index (χ0n) is 12.7. The molecule has 3 rings (SSSR count). The van der Waals surface area contributed by atoms with E-state index in [1.54, 1.807) is 0 Å². The van der Waals surface area contributed by atoms with Crippen molar-refractivity contribution in [2.24, 2.45) is 0 Å². The molecule has 1 unspecified atom stereocenters. The number of Topliss-reactive ketones (excluding diaryl/α,β-unsaturated/α-hetero) is 1. The maximum Gasteiger partial charge on any atom is 0.141 e. The van der Waals surface area contributed by atoms with Crippen LogP contribution in [0.25, 0.3) is 0 Å². The summed E-state index contributed by atoms with van der Waals surface area (Å²) in [5.74, 6) is 0.411. The minimum atomic E-state index is 0. The van der Waals surface area contributed by atoms with Gasteiger partial charge in [0.1, 0.15) is 5.78 Å². The lowest BCUT2D eigenvalue weighted by atomic mass is 9.93. The summed E-state index contributed by atoms with van der Waals surface area (Å²) in [6.07, 6.45) is 1.67. The fourth-order valence-corrected chi connectivity index (χ4v) is 3.06. The number of nitrogens with zero attached hydrogens (tertiary/aromatic N) is 1. The molecule has 2 aromatic carbocycles. The smallest absolute Gasteiger partial charge is 0.141 e. The molecule has 1 saturated heterocycles. The van der Waals surface area contributed by atoms with Crippen LogP contribution in [0.4, 0.5) is 0 Å². The molecule has 1 aliphatic heterocycles. The Bertz CT molecular complexity index is 585. The highest BCUT2D eigenvalue weighted by Crippen LogP contribution is 2.24. The van der Waals surface area contributed by atoms with Crippen molar-refractivity contribution in [1.82, 2.24) is 4.90 Å². The fraction of sp³-hybridized carbons (Fsp3) is 0.316. The molecule has 22 heavy (non-hydrogen) atoms. The number of carbonyl (C=O) groups excluding carboxylic acids is 1. The van der Waals surface area contributed by atoms with Crippen molar-refractivity contribution >= 4 is 18.2 Å². The van der Waals surface area contributed by atoms with Gasteiger partial charge in [0.25, 0.3) is 0 Å².